The van der Waals surface area contributed by atoms with Gasteiger partial charge in [0.25, 0.3) is 0 Å². The Bertz CT molecular complexity index is 441. The summed E-state index contributed by atoms with van der Waals surface area (Å²) in [6.45, 7) is 3.74. The minimum Gasteiger partial charge on any atom is -0.466 e. The van der Waals surface area contributed by atoms with Gasteiger partial charge < -0.3 is 9.47 Å². The monoisotopic (exact) mass is 276 g/mol. The van der Waals surface area contributed by atoms with Crippen molar-refractivity contribution in [3.05, 3.63) is 29.3 Å². The molecule has 0 saturated carbocycles. The lowest BCUT2D eigenvalue weighted by atomic mass is 10.0. The molecular weight excluding hydrogens is 261 g/mol. The van der Waals surface area contributed by atoms with Crippen molar-refractivity contribution in [1.29, 1.82) is 0 Å². The van der Waals surface area contributed by atoms with E-state index < -0.39 is 6.36 Å². The topological polar surface area (TPSA) is 35.5 Å². The van der Waals surface area contributed by atoms with E-state index in [1.165, 1.54) is 18.2 Å². The van der Waals surface area contributed by atoms with E-state index in [9.17, 15) is 18.0 Å². The van der Waals surface area contributed by atoms with E-state index in [0.29, 0.717) is 12.0 Å². The average molecular weight is 276 g/mol. The predicted octanol–water partition coefficient (Wildman–Crippen LogP) is 3.39. The Labute approximate surface area is 109 Å². The third kappa shape index (κ3) is 5.63. The van der Waals surface area contributed by atoms with Gasteiger partial charge in [0.2, 0.25) is 0 Å². The van der Waals surface area contributed by atoms with Gasteiger partial charge in [0.1, 0.15) is 5.75 Å². The number of carbonyl (C=O) groups is 1. The van der Waals surface area contributed by atoms with Crippen LogP contribution in [0.25, 0.3) is 0 Å². The molecule has 0 bridgehead atoms. The van der Waals surface area contributed by atoms with Gasteiger partial charge in [0.05, 0.1) is 6.61 Å². The van der Waals surface area contributed by atoms with E-state index in [2.05, 4.69) is 4.74 Å². The molecule has 0 radical (unpaired) electrons. The van der Waals surface area contributed by atoms with Crippen LogP contribution in [0, 0.1) is 6.92 Å². The molecule has 0 heterocycles. The highest BCUT2D eigenvalue weighted by molar-refractivity contribution is 5.69. The third-order valence-corrected chi connectivity index (χ3v) is 2.46. The van der Waals surface area contributed by atoms with Crippen molar-refractivity contribution in [3.63, 3.8) is 0 Å². The fourth-order valence-corrected chi connectivity index (χ4v) is 1.58. The summed E-state index contributed by atoms with van der Waals surface area (Å²) >= 11 is 0. The van der Waals surface area contributed by atoms with Gasteiger partial charge in [-0.05, 0) is 43.5 Å². The smallest absolute Gasteiger partial charge is 0.466 e. The average Bonchev–Trinajstić information content (AvgIpc) is 2.28. The summed E-state index contributed by atoms with van der Waals surface area (Å²) in [5.41, 5.74) is 1.44. The van der Waals surface area contributed by atoms with Crippen LogP contribution in [0.15, 0.2) is 18.2 Å². The van der Waals surface area contributed by atoms with Crippen LogP contribution in [0.1, 0.15) is 24.5 Å². The molecule has 1 aromatic carbocycles. The molecule has 0 fully saturated rings. The maximum absolute atomic E-state index is 12.1. The summed E-state index contributed by atoms with van der Waals surface area (Å²) < 4.78 is 44.9. The zero-order chi connectivity index (χ0) is 14.5. The number of alkyl halides is 3. The molecule has 0 saturated heterocycles. The Balaban J connectivity index is 2.72. The fourth-order valence-electron chi connectivity index (χ4n) is 1.58. The highest BCUT2D eigenvalue weighted by Crippen LogP contribution is 2.25. The number of carbonyl (C=O) groups excluding carboxylic acids is 1. The van der Waals surface area contributed by atoms with Gasteiger partial charge in [-0.15, -0.1) is 13.2 Å². The van der Waals surface area contributed by atoms with E-state index in [4.69, 9.17) is 4.74 Å². The number of aryl methyl sites for hydroxylation is 2. The summed E-state index contributed by atoms with van der Waals surface area (Å²) in [4.78, 5) is 11.2. The van der Waals surface area contributed by atoms with E-state index in [1.54, 1.807) is 13.8 Å². The van der Waals surface area contributed by atoms with Crippen molar-refractivity contribution >= 4 is 5.97 Å². The molecule has 1 aromatic rings. The van der Waals surface area contributed by atoms with Gasteiger partial charge in [-0.1, -0.05) is 6.07 Å². The van der Waals surface area contributed by atoms with Crippen molar-refractivity contribution in [3.8, 4) is 5.75 Å². The summed E-state index contributed by atoms with van der Waals surface area (Å²) in [5, 5.41) is 0. The normalized spacial score (nSPS) is 11.2. The molecule has 106 valence electrons. The van der Waals surface area contributed by atoms with Crippen LogP contribution in [-0.4, -0.2) is 18.9 Å². The first kappa shape index (κ1) is 15.3. The second kappa shape index (κ2) is 6.45. The molecule has 19 heavy (non-hydrogen) atoms. The third-order valence-electron chi connectivity index (χ3n) is 2.46. The summed E-state index contributed by atoms with van der Waals surface area (Å²) in [7, 11) is 0. The van der Waals surface area contributed by atoms with Gasteiger partial charge in [-0.25, -0.2) is 0 Å². The van der Waals surface area contributed by atoms with Gasteiger partial charge in [0.15, 0.2) is 0 Å². The van der Waals surface area contributed by atoms with E-state index in [0.717, 1.165) is 5.56 Å². The Kier molecular flexibility index (Phi) is 5.20. The molecule has 0 atom stereocenters. The molecule has 0 aromatic heterocycles. The lowest BCUT2D eigenvalue weighted by Gasteiger charge is -2.12. The lowest BCUT2D eigenvalue weighted by molar-refractivity contribution is -0.274. The number of hydrogen-bond acceptors (Lipinski definition) is 3. The maximum Gasteiger partial charge on any atom is 0.573 e. The number of ether oxygens (including phenoxy) is 2. The van der Waals surface area contributed by atoms with Crippen LogP contribution in [0.3, 0.4) is 0 Å². The zero-order valence-corrected chi connectivity index (χ0v) is 10.7. The summed E-state index contributed by atoms with van der Waals surface area (Å²) in [6.07, 6.45) is -4.27. The second-order valence-corrected chi connectivity index (χ2v) is 3.94. The van der Waals surface area contributed by atoms with Gasteiger partial charge in [-0.3, -0.25) is 4.79 Å². The molecule has 3 nitrogen and oxygen atoms in total. The van der Waals surface area contributed by atoms with Crippen molar-refractivity contribution in [2.45, 2.75) is 33.1 Å². The molecule has 0 aliphatic heterocycles. The SMILES string of the molecule is CCOC(=O)CCc1cc(OC(F)(F)F)ccc1C. The largest absolute Gasteiger partial charge is 0.573 e. The van der Waals surface area contributed by atoms with Crippen LogP contribution in [-0.2, 0) is 16.0 Å². The highest BCUT2D eigenvalue weighted by atomic mass is 19.4. The Morgan fingerprint density at radius 3 is 2.58 bits per heavy atom. The van der Waals surface area contributed by atoms with Crippen LogP contribution >= 0.6 is 0 Å². The number of benzene rings is 1. The molecule has 0 aliphatic carbocycles. The standard InChI is InChI=1S/C13H15F3O3/c1-3-18-12(17)7-5-10-8-11(6-4-9(10)2)19-13(14,15)16/h4,6,8H,3,5,7H2,1-2H3. The van der Waals surface area contributed by atoms with Crippen LogP contribution in [0.2, 0.25) is 0 Å². The van der Waals surface area contributed by atoms with Crippen molar-refractivity contribution < 1.29 is 27.4 Å². The number of hydrogen-bond donors (Lipinski definition) is 0. The lowest BCUT2D eigenvalue weighted by Crippen LogP contribution is -2.17. The minimum absolute atomic E-state index is 0.129. The number of esters is 1. The van der Waals surface area contributed by atoms with Crippen LogP contribution in [0.4, 0.5) is 13.2 Å². The van der Waals surface area contributed by atoms with Crippen molar-refractivity contribution in [1.82, 2.24) is 0 Å². The fraction of sp³-hybridized carbons (Fsp3) is 0.462. The molecule has 0 spiro atoms. The molecule has 6 heteroatoms. The Morgan fingerprint density at radius 2 is 2.00 bits per heavy atom. The zero-order valence-electron chi connectivity index (χ0n) is 10.7. The van der Waals surface area contributed by atoms with Crippen molar-refractivity contribution in [2.75, 3.05) is 6.61 Å². The van der Waals surface area contributed by atoms with Crippen LogP contribution < -0.4 is 4.74 Å². The quantitative estimate of drug-likeness (QED) is 0.773. The Morgan fingerprint density at radius 1 is 1.32 bits per heavy atom. The van der Waals surface area contributed by atoms with Crippen molar-refractivity contribution in [2.24, 2.45) is 0 Å². The second-order valence-electron chi connectivity index (χ2n) is 3.94. The Hall–Kier alpha value is -1.72. The van der Waals surface area contributed by atoms with Crippen LogP contribution in [0.5, 0.6) is 5.75 Å². The minimum atomic E-state index is -4.71. The van der Waals surface area contributed by atoms with E-state index in [1.807, 2.05) is 0 Å². The van der Waals surface area contributed by atoms with Gasteiger partial charge in [-0.2, -0.15) is 0 Å². The molecular formula is C13H15F3O3. The van der Waals surface area contributed by atoms with Gasteiger partial charge in [0, 0.05) is 6.42 Å². The molecule has 0 unspecified atom stereocenters. The number of rotatable bonds is 5. The molecule has 0 N–H and O–H groups in total. The number of halogens is 3. The first-order chi connectivity index (χ1) is 8.81. The van der Waals surface area contributed by atoms with Gasteiger partial charge >= 0.3 is 12.3 Å². The van der Waals surface area contributed by atoms with E-state index in [-0.39, 0.29) is 24.7 Å². The predicted molar refractivity (Wildman–Crippen MR) is 62.8 cm³/mol. The molecule has 0 amide bonds. The molecule has 1 rings (SSSR count). The summed E-state index contributed by atoms with van der Waals surface area (Å²) in [6, 6.07) is 4.07. The summed E-state index contributed by atoms with van der Waals surface area (Å²) in [5.74, 6) is -0.652. The highest BCUT2D eigenvalue weighted by Gasteiger charge is 2.31. The molecule has 0 aliphatic rings. The van der Waals surface area contributed by atoms with E-state index >= 15 is 0 Å². The maximum atomic E-state index is 12.1. The first-order valence-electron chi connectivity index (χ1n) is 5.82. The first-order valence-corrected chi connectivity index (χ1v) is 5.82.